The number of sulfonamides is 1. The van der Waals surface area contributed by atoms with Crippen molar-refractivity contribution in [1.29, 1.82) is 0 Å². The van der Waals surface area contributed by atoms with Crippen LogP contribution in [0.15, 0.2) is 59.5 Å². The maximum atomic E-state index is 13.9. The number of rotatable bonds is 5. The summed E-state index contributed by atoms with van der Waals surface area (Å²) in [5.74, 6) is -1.75. The molecule has 1 unspecified atom stereocenters. The van der Waals surface area contributed by atoms with Crippen molar-refractivity contribution >= 4 is 10.0 Å². The van der Waals surface area contributed by atoms with E-state index in [2.05, 4.69) is 0 Å². The quantitative estimate of drug-likeness (QED) is 0.617. The van der Waals surface area contributed by atoms with Gasteiger partial charge in [0.1, 0.15) is 0 Å². The Hall–Kier alpha value is -1.86. The lowest BCUT2D eigenvalue weighted by atomic mass is 9.86. The molecule has 2 aromatic rings. The predicted molar refractivity (Wildman–Crippen MR) is 110 cm³/mol. The maximum Gasteiger partial charge on any atom is 0.396 e. The third kappa shape index (κ3) is 4.28. The first-order valence-corrected chi connectivity index (χ1v) is 11.8. The van der Waals surface area contributed by atoms with E-state index >= 15 is 0 Å². The van der Waals surface area contributed by atoms with Gasteiger partial charge in [-0.15, -0.1) is 0 Å². The zero-order valence-electron chi connectivity index (χ0n) is 16.7. The number of hydrogen-bond donors (Lipinski definition) is 0. The van der Waals surface area contributed by atoms with Crippen LogP contribution in [0, 0.1) is 5.41 Å². The Morgan fingerprint density at radius 3 is 2.33 bits per heavy atom. The minimum absolute atomic E-state index is 0.0118. The Morgan fingerprint density at radius 2 is 1.67 bits per heavy atom. The Morgan fingerprint density at radius 1 is 0.967 bits per heavy atom. The van der Waals surface area contributed by atoms with Crippen molar-refractivity contribution in [3.05, 3.63) is 65.7 Å². The van der Waals surface area contributed by atoms with Crippen molar-refractivity contribution < 1.29 is 21.6 Å². The van der Waals surface area contributed by atoms with E-state index in [4.69, 9.17) is 0 Å². The molecule has 1 aliphatic heterocycles. The number of alkyl halides is 3. The van der Waals surface area contributed by atoms with Crippen LogP contribution in [-0.4, -0.2) is 32.0 Å². The van der Waals surface area contributed by atoms with Crippen LogP contribution >= 0.6 is 0 Å². The van der Waals surface area contributed by atoms with E-state index in [0.717, 1.165) is 32.1 Å². The highest BCUT2D eigenvalue weighted by Crippen LogP contribution is 2.46. The molecule has 7 heteroatoms. The van der Waals surface area contributed by atoms with Crippen molar-refractivity contribution in [1.82, 2.24) is 4.31 Å². The highest BCUT2D eigenvalue weighted by Gasteiger charge is 2.45. The summed E-state index contributed by atoms with van der Waals surface area (Å²) in [5, 5.41) is 0. The average molecular weight is 438 g/mol. The predicted octanol–water partition coefficient (Wildman–Crippen LogP) is 5.53. The summed E-state index contributed by atoms with van der Waals surface area (Å²) >= 11 is 0. The standard InChI is InChI=1S/C23H26F3NO2S/c24-23(25,26)21(15-18-7-2-1-3-8-18)19-9-6-10-20(16-19)30(28,29)27-14-13-22(17-27)11-4-5-12-22/h1-3,6-10,16,21H,4-5,11-15,17H2. The first kappa shape index (κ1) is 21.4. The zero-order valence-corrected chi connectivity index (χ0v) is 17.6. The fourth-order valence-electron chi connectivity index (χ4n) is 4.95. The van der Waals surface area contributed by atoms with Crippen LogP contribution in [0.3, 0.4) is 0 Å². The Balaban J connectivity index is 1.62. The zero-order chi connectivity index (χ0) is 21.4. The summed E-state index contributed by atoms with van der Waals surface area (Å²) in [4.78, 5) is -0.0441. The number of nitrogens with zero attached hydrogens (tertiary/aromatic N) is 1. The third-order valence-corrected chi connectivity index (χ3v) is 8.48. The van der Waals surface area contributed by atoms with E-state index < -0.39 is 22.1 Å². The summed E-state index contributed by atoms with van der Waals surface area (Å²) in [6.07, 6.45) is 0.455. The van der Waals surface area contributed by atoms with E-state index in [9.17, 15) is 21.6 Å². The van der Waals surface area contributed by atoms with Gasteiger partial charge in [-0.2, -0.15) is 17.5 Å². The van der Waals surface area contributed by atoms with Crippen molar-refractivity contribution in [2.75, 3.05) is 13.1 Å². The molecule has 0 bridgehead atoms. The second-order valence-electron chi connectivity index (χ2n) is 8.65. The summed E-state index contributed by atoms with van der Waals surface area (Å²) in [5.41, 5.74) is 0.616. The molecule has 1 aliphatic carbocycles. The minimum atomic E-state index is -4.47. The Kier molecular flexibility index (Phi) is 5.70. The van der Waals surface area contributed by atoms with Crippen LogP contribution < -0.4 is 0 Å². The molecule has 1 heterocycles. The summed E-state index contributed by atoms with van der Waals surface area (Å²) < 4.78 is 69.5. The van der Waals surface area contributed by atoms with Crippen molar-refractivity contribution in [3.8, 4) is 0 Å². The SMILES string of the molecule is O=S(=O)(c1cccc(C(Cc2ccccc2)C(F)(F)F)c1)N1CCC2(CCCC2)C1. The van der Waals surface area contributed by atoms with E-state index in [1.807, 2.05) is 0 Å². The number of halogens is 3. The molecule has 0 aromatic heterocycles. The van der Waals surface area contributed by atoms with E-state index in [1.54, 1.807) is 30.3 Å². The lowest BCUT2D eigenvalue weighted by Crippen LogP contribution is -2.31. The molecule has 162 valence electrons. The molecular formula is C23H26F3NO2S. The molecule has 0 radical (unpaired) electrons. The molecule has 30 heavy (non-hydrogen) atoms. The van der Waals surface area contributed by atoms with Gasteiger partial charge >= 0.3 is 6.18 Å². The summed E-state index contributed by atoms with van der Waals surface area (Å²) in [6.45, 7) is 0.922. The molecule has 3 nitrogen and oxygen atoms in total. The van der Waals surface area contributed by atoms with Crippen LogP contribution in [-0.2, 0) is 16.4 Å². The number of hydrogen-bond acceptors (Lipinski definition) is 2. The van der Waals surface area contributed by atoms with Gasteiger partial charge < -0.3 is 0 Å². The first-order chi connectivity index (χ1) is 14.2. The maximum absolute atomic E-state index is 13.9. The highest BCUT2D eigenvalue weighted by atomic mass is 32.2. The topological polar surface area (TPSA) is 37.4 Å². The van der Waals surface area contributed by atoms with Gasteiger partial charge in [0.15, 0.2) is 0 Å². The van der Waals surface area contributed by atoms with E-state index in [1.165, 1.54) is 28.6 Å². The molecule has 0 amide bonds. The van der Waals surface area contributed by atoms with Gasteiger partial charge in [0.05, 0.1) is 10.8 Å². The van der Waals surface area contributed by atoms with Gasteiger partial charge in [-0.25, -0.2) is 8.42 Å². The number of benzene rings is 2. The fourth-order valence-corrected chi connectivity index (χ4v) is 6.55. The van der Waals surface area contributed by atoms with Crippen molar-refractivity contribution in [3.63, 3.8) is 0 Å². The van der Waals surface area contributed by atoms with Gasteiger partial charge in [0.2, 0.25) is 10.0 Å². The molecule has 2 aliphatic rings. The second kappa shape index (κ2) is 8.00. The molecule has 1 atom stereocenters. The largest absolute Gasteiger partial charge is 0.396 e. The Labute approximate surface area is 176 Å². The lowest BCUT2D eigenvalue weighted by molar-refractivity contribution is -0.150. The van der Waals surface area contributed by atoms with Crippen molar-refractivity contribution in [2.24, 2.45) is 5.41 Å². The van der Waals surface area contributed by atoms with E-state index in [0.29, 0.717) is 18.7 Å². The fraction of sp³-hybridized carbons (Fsp3) is 0.478. The monoisotopic (exact) mass is 437 g/mol. The molecule has 0 N–H and O–H groups in total. The van der Waals surface area contributed by atoms with Crippen molar-refractivity contribution in [2.45, 2.75) is 55.5 Å². The summed E-state index contributed by atoms with van der Waals surface area (Å²) in [6, 6.07) is 13.9. The third-order valence-electron chi connectivity index (χ3n) is 6.64. The van der Waals surface area contributed by atoms with Crippen LogP contribution in [0.25, 0.3) is 0 Å². The summed E-state index contributed by atoms with van der Waals surface area (Å²) in [7, 11) is -3.81. The highest BCUT2D eigenvalue weighted by molar-refractivity contribution is 7.89. The van der Waals surface area contributed by atoms with Gasteiger partial charge in [0, 0.05) is 13.1 Å². The smallest absolute Gasteiger partial charge is 0.207 e. The molecule has 2 fully saturated rings. The molecule has 1 saturated carbocycles. The van der Waals surface area contributed by atoms with Crippen LogP contribution in [0.5, 0.6) is 0 Å². The molecule has 2 aromatic carbocycles. The first-order valence-electron chi connectivity index (χ1n) is 10.4. The Bertz CT molecular complexity index is 983. The van der Waals surface area contributed by atoms with Gasteiger partial charge in [-0.1, -0.05) is 55.3 Å². The normalized spacial score (nSPS) is 20.6. The molecule has 1 saturated heterocycles. The van der Waals surface area contributed by atoms with Gasteiger partial charge in [0.25, 0.3) is 0 Å². The average Bonchev–Trinajstić information content (AvgIpc) is 3.36. The van der Waals surface area contributed by atoms with Crippen LogP contribution in [0.4, 0.5) is 13.2 Å². The second-order valence-corrected chi connectivity index (χ2v) is 10.6. The van der Waals surface area contributed by atoms with Gasteiger partial charge in [-0.3, -0.25) is 0 Å². The van der Waals surface area contributed by atoms with Gasteiger partial charge in [-0.05, 0) is 54.4 Å². The molecule has 4 rings (SSSR count). The lowest BCUT2D eigenvalue weighted by Gasteiger charge is -2.24. The van der Waals surface area contributed by atoms with Crippen LogP contribution in [0.2, 0.25) is 0 Å². The van der Waals surface area contributed by atoms with Crippen LogP contribution in [0.1, 0.15) is 49.1 Å². The molecule has 1 spiro atoms. The van der Waals surface area contributed by atoms with E-state index in [-0.39, 0.29) is 22.3 Å². The molecular weight excluding hydrogens is 411 g/mol. The minimum Gasteiger partial charge on any atom is -0.207 e.